The summed E-state index contributed by atoms with van der Waals surface area (Å²) in [5.41, 5.74) is -0.456. The zero-order chi connectivity index (χ0) is 17.5. The monoisotopic (exact) mass is 402 g/mol. The minimum Gasteiger partial charge on any atom is -0.455 e. The van der Waals surface area contributed by atoms with Gasteiger partial charge in [0.1, 0.15) is 0 Å². The zero-order valence-electron chi connectivity index (χ0n) is 13.1. The number of imide groups is 1. The van der Waals surface area contributed by atoms with Gasteiger partial charge in [-0.05, 0) is 45.0 Å². The number of carbonyl (C=O) groups is 3. The van der Waals surface area contributed by atoms with Gasteiger partial charge in [-0.2, -0.15) is 0 Å². The molecular weight excluding hydrogens is 384 g/mol. The average molecular weight is 403 g/mol. The Balaban J connectivity index is 2.26. The zero-order valence-corrected chi connectivity index (χ0v) is 15.5. The fraction of sp³-hybridized carbons (Fsp3) is 0.400. The number of carbonyl (C=O) groups excluding carboxylic acids is 3. The van der Waals surface area contributed by atoms with E-state index in [0.717, 1.165) is 9.37 Å². The number of amides is 3. The van der Waals surface area contributed by atoms with E-state index in [-0.39, 0.29) is 5.75 Å². The Morgan fingerprint density at radius 3 is 2.35 bits per heavy atom. The first-order valence-corrected chi connectivity index (χ1v) is 8.59. The molecule has 0 aliphatic heterocycles. The molecule has 0 bridgehead atoms. The first-order chi connectivity index (χ1) is 10.7. The van der Waals surface area contributed by atoms with Gasteiger partial charge in [-0.3, -0.25) is 14.9 Å². The number of esters is 1. The van der Waals surface area contributed by atoms with Crippen LogP contribution in [0, 0.1) is 0 Å². The van der Waals surface area contributed by atoms with Gasteiger partial charge in [0.15, 0.2) is 6.61 Å². The summed E-state index contributed by atoms with van der Waals surface area (Å²) in [7, 11) is 0. The topological polar surface area (TPSA) is 84.5 Å². The molecule has 0 saturated heterocycles. The summed E-state index contributed by atoms with van der Waals surface area (Å²) in [6, 6.07) is 6.85. The number of rotatable bonds is 5. The van der Waals surface area contributed by atoms with Crippen LogP contribution < -0.4 is 10.6 Å². The third-order valence-electron chi connectivity index (χ3n) is 2.28. The molecule has 1 aromatic rings. The van der Waals surface area contributed by atoms with Crippen LogP contribution in [0.2, 0.25) is 0 Å². The van der Waals surface area contributed by atoms with Crippen molar-refractivity contribution in [3.8, 4) is 0 Å². The maximum absolute atomic E-state index is 11.6. The fourth-order valence-corrected chi connectivity index (χ4v) is 2.36. The first-order valence-electron chi connectivity index (χ1n) is 6.82. The van der Waals surface area contributed by atoms with Crippen molar-refractivity contribution < 1.29 is 19.1 Å². The number of benzene rings is 1. The molecule has 0 saturated carbocycles. The Bertz CT molecular complexity index is 570. The molecule has 0 heterocycles. The van der Waals surface area contributed by atoms with Crippen molar-refractivity contribution in [2.24, 2.45) is 0 Å². The van der Waals surface area contributed by atoms with Gasteiger partial charge in [-0.15, -0.1) is 11.8 Å². The van der Waals surface area contributed by atoms with E-state index in [9.17, 15) is 14.4 Å². The number of halogens is 1. The van der Waals surface area contributed by atoms with Crippen molar-refractivity contribution in [1.82, 2.24) is 10.6 Å². The molecule has 126 valence electrons. The first kappa shape index (κ1) is 19.5. The molecule has 0 unspecified atom stereocenters. The highest BCUT2D eigenvalue weighted by Crippen LogP contribution is 2.20. The van der Waals surface area contributed by atoms with Crippen LogP contribution in [0.25, 0.3) is 0 Å². The van der Waals surface area contributed by atoms with Crippen molar-refractivity contribution in [3.63, 3.8) is 0 Å². The smallest absolute Gasteiger partial charge is 0.321 e. The minimum atomic E-state index is -0.672. The summed E-state index contributed by atoms with van der Waals surface area (Å²) in [4.78, 5) is 35.4. The van der Waals surface area contributed by atoms with Crippen LogP contribution in [0.15, 0.2) is 33.6 Å². The molecule has 0 radical (unpaired) electrons. The average Bonchev–Trinajstić information content (AvgIpc) is 2.42. The van der Waals surface area contributed by atoms with Crippen molar-refractivity contribution in [2.75, 3.05) is 12.4 Å². The summed E-state index contributed by atoms with van der Waals surface area (Å²) in [6.45, 7) is 4.88. The van der Waals surface area contributed by atoms with Gasteiger partial charge in [0.05, 0.1) is 5.75 Å². The molecule has 8 heteroatoms. The summed E-state index contributed by atoms with van der Waals surface area (Å²) in [5.74, 6) is -1.11. The fourth-order valence-electron chi connectivity index (χ4n) is 1.40. The van der Waals surface area contributed by atoms with E-state index in [1.165, 1.54) is 11.8 Å². The van der Waals surface area contributed by atoms with Crippen molar-refractivity contribution >= 4 is 45.6 Å². The van der Waals surface area contributed by atoms with Crippen molar-refractivity contribution in [1.29, 1.82) is 0 Å². The molecular formula is C15H19BrN2O4S. The van der Waals surface area contributed by atoms with Crippen LogP contribution in [0.3, 0.4) is 0 Å². The maximum Gasteiger partial charge on any atom is 0.321 e. The number of thioether (sulfide) groups is 1. The van der Waals surface area contributed by atoms with Crippen LogP contribution in [-0.2, 0) is 14.3 Å². The SMILES string of the molecule is CC(C)(C)NC(=O)NC(=O)COC(=O)CSc1ccc(Br)cc1. The molecule has 0 atom stereocenters. The Morgan fingerprint density at radius 1 is 1.17 bits per heavy atom. The summed E-state index contributed by atoms with van der Waals surface area (Å²) in [5, 5.41) is 4.66. The lowest BCUT2D eigenvalue weighted by Gasteiger charge is -2.20. The van der Waals surface area contributed by atoms with E-state index in [1.807, 2.05) is 24.3 Å². The number of ether oxygens (including phenoxy) is 1. The molecule has 1 rings (SSSR count). The third-order valence-corrected chi connectivity index (χ3v) is 3.79. The lowest BCUT2D eigenvalue weighted by atomic mass is 10.1. The van der Waals surface area contributed by atoms with Gasteiger partial charge < -0.3 is 10.1 Å². The summed E-state index contributed by atoms with van der Waals surface area (Å²) in [6.07, 6.45) is 0. The summed E-state index contributed by atoms with van der Waals surface area (Å²) < 4.78 is 5.77. The van der Waals surface area contributed by atoms with Crippen molar-refractivity contribution in [2.45, 2.75) is 31.2 Å². The van der Waals surface area contributed by atoms with E-state index in [0.29, 0.717) is 0 Å². The van der Waals surface area contributed by atoms with Gasteiger partial charge in [-0.25, -0.2) is 4.79 Å². The second-order valence-corrected chi connectivity index (χ2v) is 7.62. The third kappa shape index (κ3) is 9.25. The van der Waals surface area contributed by atoms with Gasteiger partial charge in [-0.1, -0.05) is 15.9 Å². The van der Waals surface area contributed by atoms with Gasteiger partial charge in [0.25, 0.3) is 5.91 Å². The Morgan fingerprint density at radius 2 is 1.78 bits per heavy atom. The van der Waals surface area contributed by atoms with Crippen LogP contribution in [0.4, 0.5) is 4.79 Å². The standard InChI is InChI=1S/C15H19BrN2O4S/c1-15(2,3)18-14(21)17-12(19)8-22-13(20)9-23-11-6-4-10(16)5-7-11/h4-7H,8-9H2,1-3H3,(H2,17,18,19,21). The second kappa shape index (κ2) is 8.93. The van der Waals surface area contributed by atoms with Crippen LogP contribution in [0.1, 0.15) is 20.8 Å². The summed E-state index contributed by atoms with van der Waals surface area (Å²) >= 11 is 4.63. The number of hydrogen-bond acceptors (Lipinski definition) is 5. The predicted molar refractivity (Wildman–Crippen MR) is 92.3 cm³/mol. The van der Waals surface area contributed by atoms with E-state index in [1.54, 1.807) is 20.8 Å². The number of nitrogens with one attached hydrogen (secondary N) is 2. The highest BCUT2D eigenvalue weighted by molar-refractivity contribution is 9.10. The lowest BCUT2D eigenvalue weighted by Crippen LogP contribution is -2.49. The Hall–Kier alpha value is -1.54. The quantitative estimate of drug-likeness (QED) is 0.584. The normalized spacial score (nSPS) is 10.8. The predicted octanol–water partition coefficient (Wildman–Crippen LogP) is 2.71. The molecule has 23 heavy (non-hydrogen) atoms. The molecule has 0 fully saturated rings. The van der Waals surface area contributed by atoms with Crippen LogP contribution in [0.5, 0.6) is 0 Å². The second-order valence-electron chi connectivity index (χ2n) is 5.66. The minimum absolute atomic E-state index is 0.0864. The Labute approximate surface area is 147 Å². The van der Waals surface area contributed by atoms with Gasteiger partial charge >= 0.3 is 12.0 Å². The maximum atomic E-state index is 11.6. The van der Waals surface area contributed by atoms with Gasteiger partial charge in [0, 0.05) is 14.9 Å². The highest BCUT2D eigenvalue weighted by Gasteiger charge is 2.16. The van der Waals surface area contributed by atoms with E-state index in [4.69, 9.17) is 4.74 Å². The molecule has 2 N–H and O–H groups in total. The van der Waals surface area contributed by atoms with Gasteiger partial charge in [0.2, 0.25) is 0 Å². The van der Waals surface area contributed by atoms with Crippen LogP contribution in [-0.4, -0.2) is 35.8 Å². The van der Waals surface area contributed by atoms with Crippen LogP contribution >= 0.6 is 27.7 Å². The molecule has 6 nitrogen and oxygen atoms in total. The molecule has 3 amide bonds. The highest BCUT2D eigenvalue weighted by atomic mass is 79.9. The largest absolute Gasteiger partial charge is 0.455 e. The number of urea groups is 1. The molecule has 1 aromatic carbocycles. The van der Waals surface area contributed by atoms with E-state index < -0.39 is 30.1 Å². The molecule has 0 aromatic heterocycles. The molecule has 0 aliphatic rings. The Kier molecular flexibility index (Phi) is 7.57. The van der Waals surface area contributed by atoms with E-state index in [2.05, 4.69) is 26.6 Å². The molecule has 0 spiro atoms. The van der Waals surface area contributed by atoms with Crippen molar-refractivity contribution in [3.05, 3.63) is 28.7 Å². The number of hydrogen-bond donors (Lipinski definition) is 2. The lowest BCUT2D eigenvalue weighted by molar-refractivity contribution is -0.145. The van der Waals surface area contributed by atoms with E-state index >= 15 is 0 Å². The molecule has 0 aliphatic carbocycles.